The highest BCUT2D eigenvalue weighted by atomic mass is 32.1. The lowest BCUT2D eigenvalue weighted by molar-refractivity contribution is 0.242. The van der Waals surface area contributed by atoms with E-state index >= 15 is 0 Å². The minimum Gasteiger partial charge on any atom is -0.491 e. The van der Waals surface area contributed by atoms with Gasteiger partial charge in [-0.25, -0.2) is 0 Å². The van der Waals surface area contributed by atoms with Gasteiger partial charge in [-0.05, 0) is 62.9 Å². The molecule has 0 fully saturated rings. The predicted octanol–water partition coefficient (Wildman–Crippen LogP) is 4.43. The molecule has 1 aromatic carbocycles. The first-order valence-electron chi connectivity index (χ1n) is 7.15. The van der Waals surface area contributed by atoms with Crippen molar-refractivity contribution in [3.63, 3.8) is 0 Å². The van der Waals surface area contributed by atoms with Crippen LogP contribution < -0.4 is 10.1 Å². The van der Waals surface area contributed by atoms with Crippen LogP contribution in [0, 0.1) is 0 Å². The predicted molar refractivity (Wildman–Crippen MR) is 86.6 cm³/mol. The Morgan fingerprint density at radius 2 is 2.05 bits per heavy atom. The van der Waals surface area contributed by atoms with Crippen molar-refractivity contribution in [2.24, 2.45) is 0 Å². The van der Waals surface area contributed by atoms with Crippen LogP contribution in [0.4, 0.5) is 0 Å². The van der Waals surface area contributed by atoms with Gasteiger partial charge in [-0.15, -0.1) is 11.3 Å². The Bertz CT molecular complexity index is 507. The number of thiophene rings is 1. The minimum absolute atomic E-state index is 0.212. The number of hydrogen-bond acceptors (Lipinski definition) is 3. The summed E-state index contributed by atoms with van der Waals surface area (Å²) in [6.45, 7) is 4.11. The molecule has 3 heteroatoms. The third-order valence-electron chi connectivity index (χ3n) is 3.24. The molecule has 0 aliphatic rings. The molecule has 2 rings (SSSR count). The van der Waals surface area contributed by atoms with E-state index in [0.717, 1.165) is 18.6 Å². The van der Waals surface area contributed by atoms with Gasteiger partial charge in [0.15, 0.2) is 0 Å². The van der Waals surface area contributed by atoms with Crippen LogP contribution >= 0.6 is 11.3 Å². The number of nitrogens with one attached hydrogen (secondary N) is 1. The molecule has 1 heterocycles. The molecule has 20 heavy (non-hydrogen) atoms. The second-order valence-corrected chi connectivity index (χ2v) is 6.23. The zero-order chi connectivity index (χ0) is 14.4. The van der Waals surface area contributed by atoms with Crippen molar-refractivity contribution in [2.75, 3.05) is 7.05 Å². The minimum atomic E-state index is 0.212. The lowest BCUT2D eigenvalue weighted by atomic mass is 10.0. The van der Waals surface area contributed by atoms with Gasteiger partial charge in [-0.3, -0.25) is 0 Å². The van der Waals surface area contributed by atoms with Gasteiger partial charge < -0.3 is 10.1 Å². The van der Waals surface area contributed by atoms with E-state index in [1.54, 1.807) is 0 Å². The van der Waals surface area contributed by atoms with E-state index in [2.05, 4.69) is 54.9 Å². The topological polar surface area (TPSA) is 21.3 Å². The number of aryl methyl sites for hydroxylation is 1. The number of hydrogen-bond donors (Lipinski definition) is 1. The largest absolute Gasteiger partial charge is 0.491 e. The van der Waals surface area contributed by atoms with Crippen molar-refractivity contribution < 1.29 is 4.74 Å². The average Bonchev–Trinajstić information content (AvgIpc) is 2.92. The summed E-state index contributed by atoms with van der Waals surface area (Å²) >= 11 is 1.83. The summed E-state index contributed by atoms with van der Waals surface area (Å²) in [7, 11) is 2.02. The molecule has 0 amide bonds. The van der Waals surface area contributed by atoms with Gasteiger partial charge in [0.25, 0.3) is 0 Å². The lowest BCUT2D eigenvalue weighted by Gasteiger charge is -2.18. The Morgan fingerprint density at radius 3 is 2.70 bits per heavy atom. The van der Waals surface area contributed by atoms with Crippen LogP contribution in [-0.2, 0) is 6.42 Å². The van der Waals surface area contributed by atoms with Crippen LogP contribution in [0.5, 0.6) is 5.75 Å². The monoisotopic (exact) mass is 289 g/mol. The molecule has 0 aliphatic carbocycles. The molecule has 1 aromatic heterocycles. The zero-order valence-corrected chi connectivity index (χ0v) is 13.2. The second-order valence-electron chi connectivity index (χ2n) is 5.20. The van der Waals surface area contributed by atoms with Gasteiger partial charge in [-0.1, -0.05) is 18.2 Å². The van der Waals surface area contributed by atoms with Crippen LogP contribution in [0.25, 0.3) is 0 Å². The van der Waals surface area contributed by atoms with Gasteiger partial charge in [0.2, 0.25) is 0 Å². The number of rotatable bonds is 7. The highest BCUT2D eigenvalue weighted by molar-refractivity contribution is 7.09. The third kappa shape index (κ3) is 4.36. The third-order valence-corrected chi connectivity index (χ3v) is 4.18. The summed E-state index contributed by atoms with van der Waals surface area (Å²) in [5.41, 5.74) is 1.29. The Morgan fingerprint density at radius 1 is 1.20 bits per heavy atom. The van der Waals surface area contributed by atoms with Gasteiger partial charge >= 0.3 is 0 Å². The molecule has 1 N–H and O–H groups in total. The van der Waals surface area contributed by atoms with Crippen molar-refractivity contribution in [3.8, 4) is 5.75 Å². The Balaban J connectivity index is 2.02. The summed E-state index contributed by atoms with van der Waals surface area (Å²) < 4.78 is 5.77. The van der Waals surface area contributed by atoms with E-state index in [-0.39, 0.29) is 6.10 Å². The summed E-state index contributed by atoms with van der Waals surface area (Å²) in [6.07, 6.45) is 2.42. The average molecular weight is 289 g/mol. The quantitative estimate of drug-likeness (QED) is 0.814. The molecular weight excluding hydrogens is 266 g/mol. The Kier molecular flexibility index (Phi) is 5.62. The van der Waals surface area contributed by atoms with Gasteiger partial charge in [0.05, 0.1) is 6.10 Å². The Labute approximate surface area is 125 Å². The molecular formula is C17H23NOS. The van der Waals surface area contributed by atoms with Gasteiger partial charge in [0, 0.05) is 10.9 Å². The van der Waals surface area contributed by atoms with Crippen molar-refractivity contribution in [1.29, 1.82) is 0 Å². The summed E-state index contributed by atoms with van der Waals surface area (Å²) in [4.78, 5) is 1.44. The summed E-state index contributed by atoms with van der Waals surface area (Å²) in [6, 6.07) is 13.1. The van der Waals surface area contributed by atoms with Crippen LogP contribution in [0.2, 0.25) is 0 Å². The van der Waals surface area contributed by atoms with E-state index in [4.69, 9.17) is 4.74 Å². The smallest absolute Gasteiger partial charge is 0.120 e. The molecule has 0 spiro atoms. The standard InChI is InChI=1S/C17H23NOS/c1-13(2)19-15-7-4-6-14(12-15)17(18-3)10-9-16-8-5-11-20-16/h4-8,11-13,17-18H,9-10H2,1-3H3. The van der Waals surface area contributed by atoms with E-state index < -0.39 is 0 Å². The van der Waals surface area contributed by atoms with Crippen molar-refractivity contribution >= 4 is 11.3 Å². The number of benzene rings is 1. The molecule has 0 radical (unpaired) electrons. The fraction of sp³-hybridized carbons (Fsp3) is 0.412. The molecule has 108 valence electrons. The molecule has 2 aromatic rings. The normalized spacial score (nSPS) is 12.6. The maximum atomic E-state index is 5.77. The highest BCUT2D eigenvalue weighted by Gasteiger charge is 2.11. The van der Waals surface area contributed by atoms with E-state index in [1.807, 2.05) is 24.5 Å². The fourth-order valence-corrected chi connectivity index (χ4v) is 3.02. The molecule has 1 unspecified atom stereocenters. The van der Waals surface area contributed by atoms with Crippen LogP contribution in [0.3, 0.4) is 0 Å². The van der Waals surface area contributed by atoms with Crippen molar-refractivity contribution in [2.45, 2.75) is 38.8 Å². The maximum absolute atomic E-state index is 5.77. The maximum Gasteiger partial charge on any atom is 0.120 e. The number of ether oxygens (including phenoxy) is 1. The summed E-state index contributed by atoms with van der Waals surface area (Å²) in [5.74, 6) is 0.953. The van der Waals surface area contributed by atoms with Crippen LogP contribution in [0.1, 0.15) is 36.8 Å². The van der Waals surface area contributed by atoms with Crippen LogP contribution in [-0.4, -0.2) is 13.2 Å². The molecule has 0 aliphatic heterocycles. The molecule has 0 bridgehead atoms. The van der Waals surface area contributed by atoms with Gasteiger partial charge in [0.1, 0.15) is 5.75 Å². The first kappa shape index (κ1) is 15.1. The van der Waals surface area contributed by atoms with Gasteiger partial charge in [-0.2, -0.15) is 0 Å². The molecule has 2 nitrogen and oxygen atoms in total. The lowest BCUT2D eigenvalue weighted by Crippen LogP contribution is -2.17. The molecule has 0 saturated heterocycles. The fourth-order valence-electron chi connectivity index (χ4n) is 2.30. The second kappa shape index (κ2) is 7.46. The van der Waals surface area contributed by atoms with Crippen molar-refractivity contribution in [3.05, 3.63) is 52.2 Å². The SMILES string of the molecule is CNC(CCc1cccs1)c1cccc(OC(C)C)c1. The van der Waals surface area contributed by atoms with E-state index in [1.165, 1.54) is 10.4 Å². The summed E-state index contributed by atoms with van der Waals surface area (Å²) in [5, 5.41) is 5.55. The van der Waals surface area contributed by atoms with Crippen LogP contribution in [0.15, 0.2) is 41.8 Å². The first-order valence-corrected chi connectivity index (χ1v) is 8.03. The highest BCUT2D eigenvalue weighted by Crippen LogP contribution is 2.24. The molecule has 1 atom stereocenters. The van der Waals surface area contributed by atoms with E-state index in [9.17, 15) is 0 Å². The first-order chi connectivity index (χ1) is 9.69. The molecule has 0 saturated carbocycles. The Hall–Kier alpha value is -1.32. The van der Waals surface area contributed by atoms with Crippen molar-refractivity contribution in [1.82, 2.24) is 5.32 Å². The van der Waals surface area contributed by atoms with E-state index in [0.29, 0.717) is 6.04 Å². The zero-order valence-electron chi connectivity index (χ0n) is 12.4.